The first-order chi connectivity index (χ1) is 21.5. The number of aromatic hydroxyl groups is 1. The highest BCUT2D eigenvalue weighted by Gasteiger charge is 2.33. The molecule has 2 aromatic carbocycles. The average molecular weight is 625 g/mol. The number of Topliss-reactive ketones (excluding diaryl/α,β-unsaturated/α-hetero) is 1. The molecule has 2 aliphatic heterocycles. The molecule has 45 heavy (non-hydrogen) atoms. The van der Waals surface area contributed by atoms with Crippen molar-refractivity contribution in [2.75, 3.05) is 25.9 Å². The summed E-state index contributed by atoms with van der Waals surface area (Å²) < 4.78 is 25.6. The van der Waals surface area contributed by atoms with Crippen molar-refractivity contribution in [3.05, 3.63) is 88.2 Å². The quantitative estimate of drug-likeness (QED) is 0.362. The second-order valence-electron chi connectivity index (χ2n) is 13.0. The lowest BCUT2D eigenvalue weighted by Gasteiger charge is -2.30. The minimum Gasteiger partial charge on any atom is -0.507 e. The van der Waals surface area contributed by atoms with E-state index in [1.54, 1.807) is 12.1 Å². The van der Waals surface area contributed by atoms with Crippen LogP contribution in [0.25, 0.3) is 5.57 Å². The Morgan fingerprint density at radius 2 is 1.82 bits per heavy atom. The molecule has 1 N–H and O–H groups in total. The topological polar surface area (TPSA) is 87.0 Å². The third-order valence-corrected chi connectivity index (χ3v) is 11.8. The van der Waals surface area contributed by atoms with Crippen LogP contribution >= 0.6 is 0 Å². The van der Waals surface area contributed by atoms with Gasteiger partial charge in [-0.05, 0) is 79.5 Å². The molecule has 2 heterocycles. The number of aliphatic imine (C=N–C) groups is 1. The summed E-state index contributed by atoms with van der Waals surface area (Å²) in [5.74, 6) is 0.548. The zero-order chi connectivity index (χ0) is 32.3. The number of hydrogen-bond donors (Lipinski definition) is 1. The van der Waals surface area contributed by atoms with E-state index < -0.39 is 15.1 Å². The molecule has 5 rings (SSSR count). The van der Waals surface area contributed by atoms with Gasteiger partial charge in [-0.25, -0.2) is 8.42 Å². The van der Waals surface area contributed by atoms with E-state index in [4.69, 9.17) is 12.8 Å². The molecule has 3 atom stereocenters. The predicted octanol–water partition coefficient (Wildman–Crippen LogP) is 6.38. The van der Waals surface area contributed by atoms with Crippen molar-refractivity contribution in [3.63, 3.8) is 0 Å². The fraction of sp³-hybridized carbons (Fsp3) is 0.459. The normalized spacial score (nSPS) is 23.7. The van der Waals surface area contributed by atoms with Crippen molar-refractivity contribution >= 4 is 40.2 Å². The number of phenols is 1. The van der Waals surface area contributed by atoms with E-state index in [0.29, 0.717) is 42.5 Å². The maximum absolute atomic E-state index is 13.4. The molecule has 2 aromatic rings. The van der Waals surface area contributed by atoms with Gasteiger partial charge in [0.1, 0.15) is 13.6 Å². The van der Waals surface area contributed by atoms with Crippen molar-refractivity contribution in [1.82, 2.24) is 4.90 Å². The van der Waals surface area contributed by atoms with E-state index in [1.165, 1.54) is 17.2 Å². The minimum absolute atomic E-state index is 0.00620. The van der Waals surface area contributed by atoms with Crippen LogP contribution in [0.3, 0.4) is 0 Å². The van der Waals surface area contributed by atoms with Crippen molar-refractivity contribution in [2.24, 2.45) is 10.9 Å². The van der Waals surface area contributed by atoms with Gasteiger partial charge in [-0.1, -0.05) is 75.1 Å². The summed E-state index contributed by atoms with van der Waals surface area (Å²) >= 11 is 0. The first kappa shape index (κ1) is 33.1. The number of rotatable bonds is 7. The third-order valence-electron chi connectivity index (χ3n) is 9.76. The maximum atomic E-state index is 13.4. The highest BCUT2D eigenvalue weighted by molar-refractivity contribution is 7.91. The van der Waals surface area contributed by atoms with E-state index in [1.807, 2.05) is 25.3 Å². The number of nitrogens with zero attached hydrogens (tertiary/aromatic N) is 2. The van der Waals surface area contributed by atoms with Crippen molar-refractivity contribution in [3.8, 4) is 5.75 Å². The second-order valence-corrected chi connectivity index (χ2v) is 15.3. The van der Waals surface area contributed by atoms with Crippen LogP contribution in [0, 0.1) is 5.92 Å². The molecule has 1 fully saturated rings. The molecule has 6 nitrogen and oxygen atoms in total. The molecule has 3 unspecified atom stereocenters. The minimum atomic E-state index is -3.16. The van der Waals surface area contributed by atoms with Crippen LogP contribution in [-0.4, -0.2) is 63.7 Å². The fourth-order valence-corrected chi connectivity index (χ4v) is 8.67. The number of ketones is 1. The molecule has 0 spiro atoms. The molecule has 0 bridgehead atoms. The van der Waals surface area contributed by atoms with Crippen LogP contribution in [0.4, 0.5) is 0 Å². The highest BCUT2D eigenvalue weighted by Crippen LogP contribution is 2.38. The van der Waals surface area contributed by atoms with E-state index in [2.05, 4.69) is 43.9 Å². The van der Waals surface area contributed by atoms with Gasteiger partial charge < -0.3 is 10.0 Å². The number of phenolic OH excluding ortho intramolecular Hbond substituents is 1. The first-order valence-electron chi connectivity index (χ1n) is 16.3. The summed E-state index contributed by atoms with van der Waals surface area (Å²) in [7, 11) is 4.70. The Hall–Kier alpha value is -3.23. The highest BCUT2D eigenvalue weighted by atomic mass is 32.2. The Bertz CT molecular complexity index is 1670. The van der Waals surface area contributed by atoms with Gasteiger partial charge in [0, 0.05) is 42.3 Å². The van der Waals surface area contributed by atoms with Crippen molar-refractivity contribution in [2.45, 2.75) is 76.9 Å². The summed E-state index contributed by atoms with van der Waals surface area (Å²) in [6, 6.07) is 13.1. The Morgan fingerprint density at radius 3 is 2.53 bits per heavy atom. The predicted molar refractivity (Wildman–Crippen MR) is 185 cm³/mol. The number of carbonyl (C=O) groups excluding carboxylic acids is 1. The Kier molecular flexibility index (Phi) is 10.3. The average Bonchev–Trinajstić information content (AvgIpc) is 3.00. The molecular formula is C37H45BN2O4S. The number of allylic oxidation sites excluding steroid dienone is 4. The van der Waals surface area contributed by atoms with Crippen molar-refractivity contribution < 1.29 is 18.3 Å². The third kappa shape index (κ3) is 7.44. The van der Waals surface area contributed by atoms with Gasteiger partial charge in [0.05, 0.1) is 16.7 Å². The summed E-state index contributed by atoms with van der Waals surface area (Å²) in [6.45, 7) is 7.73. The van der Waals surface area contributed by atoms with E-state index in [0.717, 1.165) is 54.6 Å². The van der Waals surface area contributed by atoms with E-state index in [9.17, 15) is 18.3 Å². The molecule has 1 aliphatic carbocycles. The van der Waals surface area contributed by atoms with Gasteiger partial charge >= 0.3 is 0 Å². The van der Waals surface area contributed by atoms with Crippen LogP contribution < -0.4 is 5.46 Å². The van der Waals surface area contributed by atoms with Gasteiger partial charge in [-0.2, -0.15) is 0 Å². The number of likely N-dealkylation sites (N-methyl/N-ethyl adjacent to an activating group) is 1. The molecule has 0 amide bonds. The fourth-order valence-electron chi connectivity index (χ4n) is 6.76. The summed E-state index contributed by atoms with van der Waals surface area (Å²) in [6.07, 6.45) is 9.65. The molecule has 8 heteroatoms. The van der Waals surface area contributed by atoms with Gasteiger partial charge in [0.2, 0.25) is 0 Å². The van der Waals surface area contributed by atoms with Crippen LogP contribution in [-0.2, 0) is 14.6 Å². The number of sulfone groups is 1. The second kappa shape index (κ2) is 14.0. The molecule has 3 aliphatic rings. The number of fused-ring (bicyclic) bond motifs is 1. The Balaban J connectivity index is 1.48. The molecule has 2 radical (unpaired) electrons. The molecule has 236 valence electrons. The molecule has 1 saturated heterocycles. The molecule has 0 saturated carbocycles. The van der Waals surface area contributed by atoms with E-state index >= 15 is 0 Å². The zero-order valence-electron chi connectivity index (χ0n) is 27.1. The lowest BCUT2D eigenvalue weighted by Crippen LogP contribution is -2.40. The summed E-state index contributed by atoms with van der Waals surface area (Å²) in [4.78, 5) is 21.0. The van der Waals surface area contributed by atoms with Crippen LogP contribution in [0.15, 0.2) is 76.5 Å². The van der Waals surface area contributed by atoms with E-state index in [-0.39, 0.29) is 29.1 Å². The maximum Gasteiger partial charge on any atom is 0.163 e. The number of benzene rings is 2. The standard InChI is InChI=1S/C37H45BN2O4S/c1-5-8-28-15-18-34(41)32(31-17-16-30(38)22-35(31)42)21-29-9-6-7-10-33(39-37(28)29)25(3)24(2)26-11-13-27(14-12-26)36-23-40(4)19-20-45(36,43)44/h9,11-14,16-17,21-22,24-25,36,42H,5-8,10,15,18-20,23H2,1-4H3/b29-9-,32-21?,37-28?,39-33?. The number of hydrogen-bond acceptors (Lipinski definition) is 6. The first-order valence-corrected chi connectivity index (χ1v) is 18.0. The number of carbonyl (C=O) groups is 1. The summed E-state index contributed by atoms with van der Waals surface area (Å²) in [5, 5.41) is 10.2. The largest absolute Gasteiger partial charge is 0.507 e. The Labute approximate surface area is 270 Å². The van der Waals surface area contributed by atoms with Gasteiger partial charge in [-0.3, -0.25) is 9.79 Å². The SMILES string of the molecule is [B]c1ccc(C2=C/C3=C/CCCC(C(C)C(C)c4ccc(C5CN(C)CCS5(=O)=O)cc4)=NC3=C(CCC)CCC2=O)c(O)c1. The van der Waals surface area contributed by atoms with Crippen LogP contribution in [0.1, 0.15) is 93.6 Å². The smallest absolute Gasteiger partial charge is 0.163 e. The lowest BCUT2D eigenvalue weighted by atomic mass is 9.82. The Morgan fingerprint density at radius 1 is 1.07 bits per heavy atom. The zero-order valence-corrected chi connectivity index (χ0v) is 27.9. The van der Waals surface area contributed by atoms with Gasteiger partial charge in [-0.15, -0.1) is 0 Å². The molecular weight excluding hydrogens is 579 g/mol. The van der Waals surface area contributed by atoms with Crippen LogP contribution in [0.5, 0.6) is 5.75 Å². The monoisotopic (exact) mass is 624 g/mol. The van der Waals surface area contributed by atoms with Crippen LogP contribution in [0.2, 0.25) is 0 Å². The van der Waals surface area contributed by atoms with Gasteiger partial charge in [0.25, 0.3) is 0 Å². The summed E-state index contributed by atoms with van der Waals surface area (Å²) in [5.41, 5.74) is 7.73. The van der Waals surface area contributed by atoms with Gasteiger partial charge in [0.15, 0.2) is 15.6 Å². The van der Waals surface area contributed by atoms with Crippen molar-refractivity contribution in [1.29, 1.82) is 0 Å². The lowest BCUT2D eigenvalue weighted by molar-refractivity contribution is -0.113. The molecule has 0 aromatic heterocycles.